The Morgan fingerprint density at radius 2 is 1.73 bits per heavy atom. The molecule has 0 spiro atoms. The third kappa shape index (κ3) is 4.39. The third-order valence-electron chi connectivity index (χ3n) is 4.72. The smallest absolute Gasteiger partial charge is 0.247 e. The van der Waals surface area contributed by atoms with Crippen molar-refractivity contribution in [3.05, 3.63) is 77.9 Å². The molecule has 0 aromatic heterocycles. The minimum absolute atomic E-state index is 0.0783. The van der Waals surface area contributed by atoms with Crippen LogP contribution in [0.2, 0.25) is 0 Å². The summed E-state index contributed by atoms with van der Waals surface area (Å²) >= 11 is 0. The van der Waals surface area contributed by atoms with Gasteiger partial charge >= 0.3 is 0 Å². The van der Waals surface area contributed by atoms with E-state index >= 15 is 0 Å². The maximum absolute atomic E-state index is 12.7. The van der Waals surface area contributed by atoms with Gasteiger partial charge < -0.3 is 10.2 Å². The van der Waals surface area contributed by atoms with Crippen LogP contribution < -0.4 is 5.32 Å². The molecule has 4 heteroatoms. The number of carbonyl (C=O) groups is 2. The van der Waals surface area contributed by atoms with E-state index in [2.05, 4.69) is 5.32 Å². The van der Waals surface area contributed by atoms with Crippen LogP contribution in [0.15, 0.2) is 66.7 Å². The zero-order valence-electron chi connectivity index (χ0n) is 15.0. The fourth-order valence-electron chi connectivity index (χ4n) is 3.26. The molecule has 1 fully saturated rings. The SMILES string of the molecule is C/C(=C\C(=O)N1CCC[C@@H]1C(=O)NCc1ccccc1)c1ccccc1. The molecule has 0 unspecified atom stereocenters. The minimum atomic E-state index is -0.383. The van der Waals surface area contributed by atoms with Gasteiger partial charge in [-0.05, 0) is 36.5 Å². The Labute approximate surface area is 154 Å². The quantitative estimate of drug-likeness (QED) is 0.842. The summed E-state index contributed by atoms with van der Waals surface area (Å²) in [6, 6.07) is 19.2. The Bertz CT molecular complexity index is 784. The Kier molecular flexibility index (Phi) is 5.84. The Morgan fingerprint density at radius 1 is 1.08 bits per heavy atom. The summed E-state index contributed by atoms with van der Waals surface area (Å²) < 4.78 is 0. The summed E-state index contributed by atoms with van der Waals surface area (Å²) in [6.45, 7) is 3.03. The van der Waals surface area contributed by atoms with Gasteiger partial charge in [0.2, 0.25) is 11.8 Å². The van der Waals surface area contributed by atoms with E-state index in [-0.39, 0.29) is 17.9 Å². The molecule has 3 rings (SSSR count). The van der Waals surface area contributed by atoms with Crippen LogP contribution in [0, 0.1) is 0 Å². The van der Waals surface area contributed by atoms with E-state index in [0.29, 0.717) is 19.5 Å². The first-order valence-corrected chi connectivity index (χ1v) is 9.01. The van der Waals surface area contributed by atoms with E-state index in [1.165, 1.54) is 0 Å². The molecule has 1 aliphatic rings. The van der Waals surface area contributed by atoms with Gasteiger partial charge in [0.05, 0.1) is 0 Å². The molecule has 1 saturated heterocycles. The maximum atomic E-state index is 12.7. The van der Waals surface area contributed by atoms with Crippen LogP contribution in [0.25, 0.3) is 5.57 Å². The van der Waals surface area contributed by atoms with Crippen molar-refractivity contribution in [3.8, 4) is 0 Å². The summed E-state index contributed by atoms with van der Waals surface area (Å²) in [5.74, 6) is -0.172. The average Bonchev–Trinajstić information content (AvgIpc) is 3.17. The Hall–Kier alpha value is -2.88. The molecule has 0 saturated carbocycles. The molecule has 2 amide bonds. The van der Waals surface area contributed by atoms with Crippen molar-refractivity contribution >= 4 is 17.4 Å². The van der Waals surface area contributed by atoms with E-state index in [1.54, 1.807) is 11.0 Å². The highest BCUT2D eigenvalue weighted by atomic mass is 16.2. The van der Waals surface area contributed by atoms with Crippen LogP contribution in [-0.4, -0.2) is 29.3 Å². The molecule has 0 radical (unpaired) electrons. The van der Waals surface area contributed by atoms with Crippen molar-refractivity contribution < 1.29 is 9.59 Å². The van der Waals surface area contributed by atoms with Crippen molar-refractivity contribution in [1.82, 2.24) is 10.2 Å². The summed E-state index contributed by atoms with van der Waals surface area (Å²) in [4.78, 5) is 26.9. The first-order valence-electron chi connectivity index (χ1n) is 9.01. The molecule has 0 aliphatic carbocycles. The van der Waals surface area contributed by atoms with Crippen LogP contribution in [0.3, 0.4) is 0 Å². The van der Waals surface area contributed by atoms with Gasteiger partial charge in [0, 0.05) is 19.2 Å². The van der Waals surface area contributed by atoms with Gasteiger partial charge in [-0.25, -0.2) is 0 Å². The number of amides is 2. The number of hydrogen-bond donors (Lipinski definition) is 1. The monoisotopic (exact) mass is 348 g/mol. The molecule has 0 bridgehead atoms. The number of nitrogens with zero attached hydrogens (tertiary/aromatic N) is 1. The number of hydrogen-bond acceptors (Lipinski definition) is 2. The fraction of sp³-hybridized carbons (Fsp3) is 0.273. The number of allylic oxidation sites excluding steroid dienone is 1. The van der Waals surface area contributed by atoms with Crippen LogP contribution in [0.1, 0.15) is 30.9 Å². The fourth-order valence-corrected chi connectivity index (χ4v) is 3.26. The van der Waals surface area contributed by atoms with E-state index in [1.807, 2.05) is 67.6 Å². The predicted octanol–water partition coefficient (Wildman–Crippen LogP) is 3.40. The number of rotatable bonds is 5. The molecule has 26 heavy (non-hydrogen) atoms. The molecule has 1 heterocycles. The first-order chi connectivity index (χ1) is 12.6. The van der Waals surface area contributed by atoms with Gasteiger partial charge in [-0.2, -0.15) is 0 Å². The Balaban J connectivity index is 1.63. The van der Waals surface area contributed by atoms with Gasteiger partial charge in [0.1, 0.15) is 6.04 Å². The second kappa shape index (κ2) is 8.48. The Morgan fingerprint density at radius 3 is 2.42 bits per heavy atom. The molecule has 2 aromatic rings. The van der Waals surface area contributed by atoms with E-state index in [4.69, 9.17) is 0 Å². The second-order valence-corrected chi connectivity index (χ2v) is 6.59. The van der Waals surface area contributed by atoms with Gasteiger partial charge in [-0.15, -0.1) is 0 Å². The van der Waals surface area contributed by atoms with E-state index in [9.17, 15) is 9.59 Å². The molecular formula is C22H24N2O2. The number of benzene rings is 2. The highest BCUT2D eigenvalue weighted by Crippen LogP contribution is 2.20. The van der Waals surface area contributed by atoms with Gasteiger partial charge in [0.15, 0.2) is 0 Å². The molecule has 134 valence electrons. The standard InChI is InChI=1S/C22H24N2O2/c1-17(19-11-6-3-7-12-19)15-21(25)24-14-8-13-20(24)22(26)23-16-18-9-4-2-5-10-18/h2-7,9-12,15,20H,8,13-14,16H2,1H3,(H,23,26)/b17-15+/t20-/m1/s1. The summed E-state index contributed by atoms with van der Waals surface area (Å²) in [5.41, 5.74) is 2.98. The second-order valence-electron chi connectivity index (χ2n) is 6.59. The van der Waals surface area contributed by atoms with Crippen LogP contribution in [0.5, 0.6) is 0 Å². The topological polar surface area (TPSA) is 49.4 Å². The lowest BCUT2D eigenvalue weighted by atomic mass is 10.1. The van der Waals surface area contributed by atoms with Gasteiger partial charge in [-0.3, -0.25) is 9.59 Å². The molecule has 1 aliphatic heterocycles. The summed E-state index contributed by atoms with van der Waals surface area (Å²) in [5, 5.41) is 2.96. The third-order valence-corrected chi connectivity index (χ3v) is 4.72. The molecule has 1 N–H and O–H groups in total. The average molecular weight is 348 g/mol. The van der Waals surface area contributed by atoms with E-state index < -0.39 is 0 Å². The van der Waals surface area contributed by atoms with Gasteiger partial charge in [-0.1, -0.05) is 60.7 Å². The number of nitrogens with one attached hydrogen (secondary N) is 1. The molecular weight excluding hydrogens is 324 g/mol. The van der Waals surface area contributed by atoms with Crippen LogP contribution in [-0.2, 0) is 16.1 Å². The summed E-state index contributed by atoms with van der Waals surface area (Å²) in [7, 11) is 0. The van der Waals surface area contributed by atoms with E-state index in [0.717, 1.165) is 23.1 Å². The zero-order valence-corrected chi connectivity index (χ0v) is 15.0. The van der Waals surface area contributed by atoms with Crippen molar-refractivity contribution in [2.24, 2.45) is 0 Å². The molecule has 1 atom stereocenters. The van der Waals surface area contributed by atoms with Crippen LogP contribution >= 0.6 is 0 Å². The van der Waals surface area contributed by atoms with Crippen molar-refractivity contribution in [2.45, 2.75) is 32.4 Å². The predicted molar refractivity (Wildman–Crippen MR) is 103 cm³/mol. The highest BCUT2D eigenvalue weighted by molar-refractivity contribution is 5.98. The lowest BCUT2D eigenvalue weighted by molar-refractivity contribution is -0.135. The number of likely N-dealkylation sites (tertiary alicyclic amines) is 1. The normalized spacial score (nSPS) is 17.2. The van der Waals surface area contributed by atoms with Gasteiger partial charge in [0.25, 0.3) is 0 Å². The molecule has 4 nitrogen and oxygen atoms in total. The molecule has 2 aromatic carbocycles. The largest absolute Gasteiger partial charge is 0.350 e. The van der Waals surface area contributed by atoms with Crippen molar-refractivity contribution in [2.75, 3.05) is 6.54 Å². The highest BCUT2D eigenvalue weighted by Gasteiger charge is 2.33. The van der Waals surface area contributed by atoms with Crippen molar-refractivity contribution in [1.29, 1.82) is 0 Å². The maximum Gasteiger partial charge on any atom is 0.247 e. The van der Waals surface area contributed by atoms with Crippen LogP contribution in [0.4, 0.5) is 0 Å². The lowest BCUT2D eigenvalue weighted by Crippen LogP contribution is -2.45. The minimum Gasteiger partial charge on any atom is -0.350 e. The zero-order chi connectivity index (χ0) is 18.4. The summed E-state index contributed by atoms with van der Waals surface area (Å²) in [6.07, 6.45) is 3.20. The number of carbonyl (C=O) groups excluding carboxylic acids is 2. The lowest BCUT2D eigenvalue weighted by Gasteiger charge is -2.23. The first kappa shape index (κ1) is 17.9. The van der Waals surface area contributed by atoms with Crippen molar-refractivity contribution in [3.63, 3.8) is 0 Å².